The molecule has 25 heavy (non-hydrogen) atoms. The largest absolute Gasteiger partial charge is 0.346 e. The number of nitrogens with zero attached hydrogens (tertiary/aromatic N) is 3. The molecule has 3 aromatic rings. The number of aryl methyl sites for hydroxylation is 3. The summed E-state index contributed by atoms with van der Waals surface area (Å²) in [6.45, 7) is 8.36. The van der Waals surface area contributed by atoms with E-state index in [1.807, 2.05) is 18.2 Å². The Kier molecular flexibility index (Phi) is 4.93. The number of anilines is 3. The number of rotatable bonds is 5. The molecule has 2 aromatic carbocycles. The van der Waals surface area contributed by atoms with Crippen molar-refractivity contribution in [3.8, 4) is 0 Å². The molecule has 1 aromatic heterocycles. The van der Waals surface area contributed by atoms with Gasteiger partial charge < -0.3 is 10.6 Å². The Bertz CT molecular complexity index is 838. The van der Waals surface area contributed by atoms with Gasteiger partial charge in [-0.25, -0.2) is 0 Å². The Morgan fingerprint density at radius 2 is 1.64 bits per heavy atom. The van der Waals surface area contributed by atoms with Crippen LogP contribution in [0.4, 0.5) is 17.5 Å². The number of benzene rings is 2. The van der Waals surface area contributed by atoms with E-state index in [9.17, 15) is 0 Å². The van der Waals surface area contributed by atoms with E-state index in [-0.39, 0.29) is 6.04 Å². The van der Waals surface area contributed by atoms with Crippen molar-refractivity contribution in [3.05, 3.63) is 70.9 Å². The fourth-order valence-electron chi connectivity index (χ4n) is 2.95. The molecule has 0 saturated carbocycles. The molecule has 1 unspecified atom stereocenters. The Labute approximate surface area is 148 Å². The Balaban J connectivity index is 1.78. The van der Waals surface area contributed by atoms with Crippen molar-refractivity contribution < 1.29 is 0 Å². The summed E-state index contributed by atoms with van der Waals surface area (Å²) in [5.74, 6) is 1.18. The maximum Gasteiger partial charge on any atom is 0.245 e. The van der Waals surface area contributed by atoms with Gasteiger partial charge in [-0.1, -0.05) is 48.0 Å². The van der Waals surface area contributed by atoms with Gasteiger partial charge >= 0.3 is 0 Å². The van der Waals surface area contributed by atoms with Crippen LogP contribution in [0.1, 0.15) is 35.2 Å². The molecule has 1 atom stereocenters. The van der Waals surface area contributed by atoms with Gasteiger partial charge in [0.1, 0.15) is 0 Å². The molecule has 0 aliphatic rings. The summed E-state index contributed by atoms with van der Waals surface area (Å²) in [5, 5.41) is 14.8. The van der Waals surface area contributed by atoms with Gasteiger partial charge in [0.2, 0.25) is 5.95 Å². The van der Waals surface area contributed by atoms with Crippen molar-refractivity contribution in [2.75, 3.05) is 10.6 Å². The highest BCUT2D eigenvalue weighted by molar-refractivity contribution is 5.65. The average molecular weight is 333 g/mol. The lowest BCUT2D eigenvalue weighted by atomic mass is 10.1. The van der Waals surface area contributed by atoms with Crippen molar-refractivity contribution in [1.29, 1.82) is 0 Å². The predicted molar refractivity (Wildman–Crippen MR) is 102 cm³/mol. The summed E-state index contributed by atoms with van der Waals surface area (Å²) < 4.78 is 0. The molecular weight excluding hydrogens is 310 g/mol. The van der Waals surface area contributed by atoms with E-state index >= 15 is 0 Å². The number of nitrogens with one attached hydrogen (secondary N) is 2. The Morgan fingerprint density at radius 3 is 2.32 bits per heavy atom. The molecule has 128 valence electrons. The fourth-order valence-corrected chi connectivity index (χ4v) is 2.95. The average Bonchev–Trinajstić information content (AvgIpc) is 2.59. The van der Waals surface area contributed by atoms with E-state index in [0.29, 0.717) is 11.8 Å². The lowest BCUT2D eigenvalue weighted by Crippen LogP contribution is -2.11. The third-order valence-corrected chi connectivity index (χ3v) is 4.13. The molecule has 0 amide bonds. The van der Waals surface area contributed by atoms with E-state index in [2.05, 4.69) is 77.8 Å². The van der Waals surface area contributed by atoms with E-state index in [4.69, 9.17) is 0 Å². The maximum atomic E-state index is 4.54. The van der Waals surface area contributed by atoms with Gasteiger partial charge in [-0.2, -0.15) is 10.1 Å². The minimum atomic E-state index is 0.0982. The second-order valence-electron chi connectivity index (χ2n) is 6.34. The second kappa shape index (κ2) is 7.30. The monoisotopic (exact) mass is 333 g/mol. The molecular formula is C20H23N5. The van der Waals surface area contributed by atoms with Crippen molar-refractivity contribution in [3.63, 3.8) is 0 Å². The standard InChI is InChI=1S/C20H23N5/c1-13-10-14(2)19(15(3)11-13)23-18-12-21-25-20(24-18)22-16(4)17-8-6-5-7-9-17/h5-12,16H,1-4H3,(H2,22,23,24,25). The zero-order chi connectivity index (χ0) is 17.8. The Morgan fingerprint density at radius 1 is 0.960 bits per heavy atom. The Hall–Kier alpha value is -2.95. The van der Waals surface area contributed by atoms with E-state index < -0.39 is 0 Å². The van der Waals surface area contributed by atoms with E-state index in [1.54, 1.807) is 6.20 Å². The SMILES string of the molecule is Cc1cc(C)c(Nc2cnnc(NC(C)c3ccccc3)n2)c(C)c1. The van der Waals surface area contributed by atoms with Crippen LogP contribution in [-0.2, 0) is 0 Å². The third kappa shape index (κ3) is 4.12. The van der Waals surface area contributed by atoms with Crippen LogP contribution in [0.5, 0.6) is 0 Å². The van der Waals surface area contributed by atoms with Crippen molar-refractivity contribution in [2.24, 2.45) is 0 Å². The second-order valence-corrected chi connectivity index (χ2v) is 6.34. The predicted octanol–water partition coefficient (Wildman–Crippen LogP) is 4.71. The molecule has 0 saturated heterocycles. The quantitative estimate of drug-likeness (QED) is 0.708. The minimum absolute atomic E-state index is 0.0982. The van der Waals surface area contributed by atoms with Gasteiger partial charge in [0, 0.05) is 5.69 Å². The third-order valence-electron chi connectivity index (χ3n) is 4.13. The summed E-state index contributed by atoms with van der Waals surface area (Å²) in [4.78, 5) is 4.54. The van der Waals surface area contributed by atoms with E-state index in [0.717, 1.165) is 5.69 Å². The highest BCUT2D eigenvalue weighted by Gasteiger charge is 2.09. The van der Waals surface area contributed by atoms with Gasteiger partial charge in [-0.15, -0.1) is 5.10 Å². The zero-order valence-corrected chi connectivity index (χ0v) is 15.0. The molecule has 3 rings (SSSR count). The van der Waals surface area contributed by atoms with Crippen molar-refractivity contribution in [1.82, 2.24) is 15.2 Å². The number of hydrogen-bond acceptors (Lipinski definition) is 5. The molecule has 0 fully saturated rings. The van der Waals surface area contributed by atoms with Crippen LogP contribution in [0, 0.1) is 20.8 Å². The van der Waals surface area contributed by atoms with Crippen LogP contribution < -0.4 is 10.6 Å². The van der Waals surface area contributed by atoms with Gasteiger partial charge in [0.15, 0.2) is 5.82 Å². The molecule has 0 aliphatic heterocycles. The molecule has 2 N–H and O–H groups in total. The van der Waals surface area contributed by atoms with Gasteiger partial charge in [0.05, 0.1) is 12.2 Å². The molecule has 0 bridgehead atoms. The zero-order valence-electron chi connectivity index (χ0n) is 15.0. The maximum absolute atomic E-state index is 4.54. The summed E-state index contributed by atoms with van der Waals surface area (Å²) in [6, 6.07) is 14.6. The lowest BCUT2D eigenvalue weighted by Gasteiger charge is -2.16. The van der Waals surface area contributed by atoms with Crippen LogP contribution in [0.2, 0.25) is 0 Å². The first-order chi connectivity index (χ1) is 12.0. The van der Waals surface area contributed by atoms with Crippen molar-refractivity contribution >= 4 is 17.5 Å². The summed E-state index contributed by atoms with van der Waals surface area (Å²) in [5.41, 5.74) is 5.86. The highest BCUT2D eigenvalue weighted by atomic mass is 15.3. The summed E-state index contributed by atoms with van der Waals surface area (Å²) in [6.07, 6.45) is 1.64. The number of hydrogen-bond donors (Lipinski definition) is 2. The van der Waals surface area contributed by atoms with E-state index in [1.165, 1.54) is 22.3 Å². The molecule has 5 nitrogen and oxygen atoms in total. The first-order valence-corrected chi connectivity index (χ1v) is 8.39. The van der Waals surface area contributed by atoms with Gasteiger partial charge in [-0.05, 0) is 44.4 Å². The van der Waals surface area contributed by atoms with Crippen molar-refractivity contribution in [2.45, 2.75) is 33.7 Å². The normalized spacial score (nSPS) is 11.8. The molecule has 0 radical (unpaired) electrons. The van der Waals surface area contributed by atoms with Gasteiger partial charge in [-0.3, -0.25) is 0 Å². The molecule has 0 spiro atoms. The molecule has 0 aliphatic carbocycles. The topological polar surface area (TPSA) is 62.7 Å². The molecule has 1 heterocycles. The first kappa shape index (κ1) is 16.9. The first-order valence-electron chi connectivity index (χ1n) is 8.39. The minimum Gasteiger partial charge on any atom is -0.346 e. The fraction of sp³-hybridized carbons (Fsp3) is 0.250. The van der Waals surface area contributed by atoms with Crippen LogP contribution >= 0.6 is 0 Å². The smallest absolute Gasteiger partial charge is 0.245 e. The van der Waals surface area contributed by atoms with Crippen LogP contribution in [0.25, 0.3) is 0 Å². The summed E-state index contributed by atoms with van der Waals surface area (Å²) >= 11 is 0. The molecule has 5 heteroatoms. The van der Waals surface area contributed by atoms with Crippen LogP contribution in [0.3, 0.4) is 0 Å². The van der Waals surface area contributed by atoms with Crippen LogP contribution in [-0.4, -0.2) is 15.2 Å². The van der Waals surface area contributed by atoms with Gasteiger partial charge in [0.25, 0.3) is 0 Å². The van der Waals surface area contributed by atoms with Crippen LogP contribution in [0.15, 0.2) is 48.7 Å². The number of aromatic nitrogens is 3. The lowest BCUT2D eigenvalue weighted by molar-refractivity contribution is 0.841. The highest BCUT2D eigenvalue weighted by Crippen LogP contribution is 2.25. The summed E-state index contributed by atoms with van der Waals surface area (Å²) in [7, 11) is 0.